The predicted octanol–water partition coefficient (Wildman–Crippen LogP) is 1.19. The highest BCUT2D eigenvalue weighted by atomic mass is 16.2. The Morgan fingerprint density at radius 2 is 2.18 bits per heavy atom. The molecule has 1 unspecified atom stereocenters. The smallest absolute Gasteiger partial charge is 0.341 e. The van der Waals surface area contributed by atoms with Crippen LogP contribution >= 0.6 is 0 Å². The van der Waals surface area contributed by atoms with Crippen molar-refractivity contribution in [1.82, 2.24) is 20.5 Å². The van der Waals surface area contributed by atoms with Crippen LogP contribution < -0.4 is 11.0 Å². The zero-order valence-electron chi connectivity index (χ0n) is 10.4. The van der Waals surface area contributed by atoms with Crippen LogP contribution in [0.25, 0.3) is 0 Å². The summed E-state index contributed by atoms with van der Waals surface area (Å²) in [6, 6.07) is 0.0968. The normalized spacial score (nSPS) is 12.4. The number of hydrogen-bond acceptors (Lipinski definition) is 3. The van der Waals surface area contributed by atoms with E-state index in [1.54, 1.807) is 0 Å². The maximum atomic E-state index is 11.6. The van der Waals surface area contributed by atoms with E-state index in [0.717, 1.165) is 12.8 Å². The highest BCUT2D eigenvalue weighted by Gasteiger charge is 2.12. The third-order valence-corrected chi connectivity index (χ3v) is 2.58. The van der Waals surface area contributed by atoms with Crippen molar-refractivity contribution in [3.8, 4) is 0 Å². The van der Waals surface area contributed by atoms with Gasteiger partial charge in [-0.1, -0.05) is 32.6 Å². The highest BCUT2D eigenvalue weighted by Crippen LogP contribution is 2.05. The van der Waals surface area contributed by atoms with E-state index in [1.807, 2.05) is 6.92 Å². The zero-order chi connectivity index (χ0) is 12.7. The van der Waals surface area contributed by atoms with E-state index in [4.69, 9.17) is 0 Å². The van der Waals surface area contributed by atoms with Gasteiger partial charge in [0.15, 0.2) is 0 Å². The second-order valence-electron chi connectivity index (χ2n) is 4.25. The van der Waals surface area contributed by atoms with Crippen molar-refractivity contribution in [2.45, 2.75) is 52.0 Å². The molecule has 0 fully saturated rings. The first kappa shape index (κ1) is 13.5. The van der Waals surface area contributed by atoms with Crippen LogP contribution in [0, 0.1) is 0 Å². The number of unbranched alkanes of at least 4 members (excludes halogenated alkanes) is 3. The summed E-state index contributed by atoms with van der Waals surface area (Å²) in [5.74, 6) is -0.304. The number of hydrogen-bond donors (Lipinski definition) is 3. The van der Waals surface area contributed by atoms with Gasteiger partial charge in [-0.2, -0.15) is 0 Å². The highest BCUT2D eigenvalue weighted by molar-refractivity contribution is 5.90. The molecule has 17 heavy (non-hydrogen) atoms. The van der Waals surface area contributed by atoms with E-state index in [2.05, 4.69) is 27.4 Å². The largest absolute Gasteiger partial charge is 0.347 e. The van der Waals surface area contributed by atoms with Crippen molar-refractivity contribution in [3.05, 3.63) is 16.3 Å². The van der Waals surface area contributed by atoms with Gasteiger partial charge in [-0.3, -0.25) is 9.78 Å². The predicted molar refractivity (Wildman–Crippen MR) is 64.9 cm³/mol. The number of aromatic nitrogens is 3. The molecule has 1 aromatic rings. The summed E-state index contributed by atoms with van der Waals surface area (Å²) in [7, 11) is 0. The molecule has 0 spiro atoms. The summed E-state index contributed by atoms with van der Waals surface area (Å²) in [6.07, 6.45) is 5.67. The van der Waals surface area contributed by atoms with Crippen molar-refractivity contribution < 1.29 is 4.79 Å². The fourth-order valence-corrected chi connectivity index (χ4v) is 1.62. The second-order valence-corrected chi connectivity index (χ2v) is 4.25. The molecule has 1 heterocycles. The van der Waals surface area contributed by atoms with E-state index in [9.17, 15) is 9.59 Å². The van der Waals surface area contributed by atoms with Crippen LogP contribution in [-0.4, -0.2) is 27.1 Å². The van der Waals surface area contributed by atoms with Gasteiger partial charge in [0.25, 0.3) is 5.91 Å². The van der Waals surface area contributed by atoms with Crippen LogP contribution in [-0.2, 0) is 0 Å². The van der Waals surface area contributed by atoms with Crippen LogP contribution in [0.15, 0.2) is 4.79 Å². The van der Waals surface area contributed by atoms with Crippen LogP contribution in [0.2, 0.25) is 0 Å². The monoisotopic (exact) mass is 240 g/mol. The van der Waals surface area contributed by atoms with Gasteiger partial charge in [-0.15, -0.1) is 5.10 Å². The summed E-state index contributed by atoms with van der Waals surface area (Å²) < 4.78 is 0. The Morgan fingerprint density at radius 3 is 2.76 bits per heavy atom. The minimum atomic E-state index is -0.467. The maximum Gasteiger partial charge on any atom is 0.341 e. The Hall–Kier alpha value is -1.59. The summed E-state index contributed by atoms with van der Waals surface area (Å²) >= 11 is 0. The standard InChI is InChI=1S/C11H20N4O2/c1-3-4-5-6-7-8(2)12-10(16)9-13-11(17)15-14-9/h8H,3-7H2,1-2H3,(H,12,16)(H2,13,14,15,17). The summed E-state index contributed by atoms with van der Waals surface area (Å²) in [5.41, 5.74) is -0.467. The first-order valence-electron chi connectivity index (χ1n) is 6.09. The fraction of sp³-hybridized carbons (Fsp3) is 0.727. The molecule has 6 heteroatoms. The van der Waals surface area contributed by atoms with Crippen molar-refractivity contribution in [2.75, 3.05) is 0 Å². The van der Waals surface area contributed by atoms with Crippen molar-refractivity contribution in [2.24, 2.45) is 0 Å². The van der Waals surface area contributed by atoms with Gasteiger partial charge >= 0.3 is 5.69 Å². The third-order valence-electron chi connectivity index (χ3n) is 2.58. The SMILES string of the molecule is CCCCCCC(C)NC(=O)c1n[nH]c(=O)[nH]1. The van der Waals surface area contributed by atoms with Crippen LogP contribution in [0.3, 0.4) is 0 Å². The lowest BCUT2D eigenvalue weighted by Gasteiger charge is -2.12. The third kappa shape index (κ3) is 4.84. The van der Waals surface area contributed by atoms with Crippen molar-refractivity contribution in [1.29, 1.82) is 0 Å². The van der Waals surface area contributed by atoms with Gasteiger partial charge in [-0.25, -0.2) is 9.89 Å². The molecule has 0 aliphatic carbocycles. The van der Waals surface area contributed by atoms with Crippen molar-refractivity contribution >= 4 is 5.91 Å². The molecule has 1 amide bonds. The number of nitrogens with one attached hydrogen (secondary N) is 3. The molecule has 1 aromatic heterocycles. The molecule has 0 aromatic carbocycles. The van der Waals surface area contributed by atoms with Crippen molar-refractivity contribution in [3.63, 3.8) is 0 Å². The first-order chi connectivity index (χ1) is 8.13. The minimum Gasteiger partial charge on any atom is -0.347 e. The van der Waals surface area contributed by atoms with Gasteiger partial charge in [0.05, 0.1) is 0 Å². The van der Waals surface area contributed by atoms with E-state index in [-0.39, 0.29) is 17.8 Å². The maximum absolute atomic E-state index is 11.6. The molecule has 1 rings (SSSR count). The summed E-state index contributed by atoms with van der Waals surface area (Å²) in [4.78, 5) is 24.7. The number of aromatic amines is 2. The number of carbonyl (C=O) groups is 1. The zero-order valence-corrected chi connectivity index (χ0v) is 10.4. The molecule has 0 aliphatic heterocycles. The van der Waals surface area contributed by atoms with Crippen LogP contribution in [0.5, 0.6) is 0 Å². The van der Waals surface area contributed by atoms with Crippen LogP contribution in [0.4, 0.5) is 0 Å². The molecule has 0 aliphatic rings. The fourth-order valence-electron chi connectivity index (χ4n) is 1.62. The lowest BCUT2D eigenvalue weighted by atomic mass is 10.1. The average Bonchev–Trinajstić information content (AvgIpc) is 2.71. The average molecular weight is 240 g/mol. The molecule has 0 bridgehead atoms. The van der Waals surface area contributed by atoms with Gasteiger partial charge in [-0.05, 0) is 13.3 Å². The minimum absolute atomic E-state index is 0.0374. The number of nitrogens with zero attached hydrogens (tertiary/aromatic N) is 1. The molecular formula is C11H20N4O2. The second kappa shape index (κ2) is 6.88. The van der Waals surface area contributed by atoms with E-state index in [1.165, 1.54) is 19.3 Å². The van der Waals surface area contributed by atoms with E-state index < -0.39 is 5.69 Å². The number of rotatable bonds is 7. The molecule has 3 N–H and O–H groups in total. The Morgan fingerprint density at radius 1 is 1.41 bits per heavy atom. The Labute approximate surface area is 100 Å². The number of H-pyrrole nitrogens is 2. The van der Waals surface area contributed by atoms with Crippen LogP contribution in [0.1, 0.15) is 56.6 Å². The van der Waals surface area contributed by atoms with Gasteiger partial charge in [0.2, 0.25) is 5.82 Å². The molecule has 0 saturated heterocycles. The molecule has 6 nitrogen and oxygen atoms in total. The molecular weight excluding hydrogens is 220 g/mol. The summed E-state index contributed by atoms with van der Waals surface area (Å²) in [5, 5.41) is 8.53. The quantitative estimate of drug-likeness (QED) is 0.625. The lowest BCUT2D eigenvalue weighted by molar-refractivity contribution is 0.0927. The topological polar surface area (TPSA) is 90.6 Å². The molecule has 0 saturated carbocycles. The van der Waals surface area contributed by atoms with E-state index >= 15 is 0 Å². The Balaban J connectivity index is 2.28. The Bertz CT molecular complexity index is 396. The molecule has 0 radical (unpaired) electrons. The lowest BCUT2D eigenvalue weighted by Crippen LogP contribution is -2.33. The number of amides is 1. The molecule has 1 atom stereocenters. The molecule has 96 valence electrons. The van der Waals surface area contributed by atoms with Gasteiger partial charge in [0.1, 0.15) is 0 Å². The van der Waals surface area contributed by atoms with Gasteiger partial charge in [0, 0.05) is 6.04 Å². The van der Waals surface area contributed by atoms with E-state index in [0.29, 0.717) is 0 Å². The van der Waals surface area contributed by atoms with Gasteiger partial charge < -0.3 is 5.32 Å². The Kier molecular flexibility index (Phi) is 5.45. The summed E-state index contributed by atoms with van der Waals surface area (Å²) in [6.45, 7) is 4.12. The number of carbonyl (C=O) groups excluding carboxylic acids is 1. The first-order valence-corrected chi connectivity index (χ1v) is 6.09.